The number of hydrogen-bond donors (Lipinski definition) is 0. The van der Waals surface area contributed by atoms with Crippen molar-refractivity contribution < 1.29 is 4.57 Å². The van der Waals surface area contributed by atoms with E-state index in [1.165, 1.54) is 51.4 Å². The molecule has 4 aliphatic carbocycles. The molecule has 0 aromatic carbocycles. The summed E-state index contributed by atoms with van der Waals surface area (Å²) in [4.78, 5) is 0. The number of unbranched alkanes of at least 4 members (excludes halogenated alkanes) is 1. The molecule has 16 heavy (non-hydrogen) atoms. The minimum absolute atomic E-state index is 0.356. The molecular weight excluding hydrogens is 215 g/mol. The standard InChI is InChI=1S/C14H25OP/c1-2-3-4-16(15)14-8-11-5-12(9-14)7-13(6-11)10-14/h11-13,16H,2-10H2,1H3. The summed E-state index contributed by atoms with van der Waals surface area (Å²) in [5.41, 5.74) is 0. The largest absolute Gasteiger partial charge is 0.326 e. The van der Waals surface area contributed by atoms with E-state index in [9.17, 15) is 4.57 Å². The molecule has 4 bridgehead atoms. The van der Waals surface area contributed by atoms with Crippen LogP contribution >= 0.6 is 7.80 Å². The molecule has 1 nitrogen and oxygen atoms in total. The van der Waals surface area contributed by atoms with E-state index >= 15 is 0 Å². The maximum absolute atomic E-state index is 12.6. The fourth-order valence-corrected chi connectivity index (χ4v) is 7.81. The van der Waals surface area contributed by atoms with E-state index in [2.05, 4.69) is 6.92 Å². The third-order valence-electron chi connectivity index (χ3n) is 5.39. The van der Waals surface area contributed by atoms with Crippen LogP contribution in [0.1, 0.15) is 58.3 Å². The van der Waals surface area contributed by atoms with Crippen LogP contribution in [-0.2, 0) is 4.57 Å². The minimum atomic E-state index is -1.30. The molecule has 0 aromatic heterocycles. The predicted octanol–water partition coefficient (Wildman–Crippen LogP) is 4.32. The van der Waals surface area contributed by atoms with Gasteiger partial charge in [0.15, 0.2) is 0 Å². The van der Waals surface area contributed by atoms with E-state index in [0.717, 1.165) is 23.9 Å². The summed E-state index contributed by atoms with van der Waals surface area (Å²) in [5.74, 6) is 2.88. The van der Waals surface area contributed by atoms with Crippen LogP contribution in [0, 0.1) is 17.8 Å². The Hall–Kier alpha value is 0.230. The summed E-state index contributed by atoms with van der Waals surface area (Å²) in [6, 6.07) is 0. The van der Waals surface area contributed by atoms with Gasteiger partial charge in [-0.05, 0) is 68.9 Å². The second kappa shape index (κ2) is 4.16. The van der Waals surface area contributed by atoms with E-state index in [4.69, 9.17) is 0 Å². The van der Waals surface area contributed by atoms with Crippen molar-refractivity contribution in [2.24, 2.45) is 17.8 Å². The normalized spacial score (nSPS) is 47.2. The Morgan fingerprint density at radius 1 is 1.06 bits per heavy atom. The zero-order chi connectivity index (χ0) is 11.2. The highest BCUT2D eigenvalue weighted by molar-refractivity contribution is 7.46. The van der Waals surface area contributed by atoms with Crippen molar-refractivity contribution in [3.8, 4) is 0 Å². The summed E-state index contributed by atoms with van der Waals surface area (Å²) in [6.07, 6.45) is 11.9. The monoisotopic (exact) mass is 240 g/mol. The molecule has 0 saturated heterocycles. The number of hydrogen-bond acceptors (Lipinski definition) is 1. The zero-order valence-electron chi connectivity index (χ0n) is 10.5. The Kier molecular flexibility index (Phi) is 2.94. The van der Waals surface area contributed by atoms with Crippen LogP contribution in [0.4, 0.5) is 0 Å². The van der Waals surface area contributed by atoms with Gasteiger partial charge in [-0.2, -0.15) is 0 Å². The first-order valence-corrected chi connectivity index (χ1v) is 8.87. The molecule has 0 radical (unpaired) electrons. The molecule has 4 rings (SSSR count). The smallest absolute Gasteiger partial charge is 0.0820 e. The number of rotatable bonds is 4. The third kappa shape index (κ3) is 1.80. The van der Waals surface area contributed by atoms with Crippen molar-refractivity contribution in [2.45, 2.75) is 63.4 Å². The van der Waals surface area contributed by atoms with Crippen LogP contribution in [0.3, 0.4) is 0 Å². The second-order valence-corrected chi connectivity index (χ2v) is 9.13. The Morgan fingerprint density at radius 2 is 1.56 bits per heavy atom. The van der Waals surface area contributed by atoms with E-state index < -0.39 is 7.80 Å². The average Bonchev–Trinajstić information content (AvgIpc) is 2.24. The molecule has 1 atom stereocenters. The predicted molar refractivity (Wildman–Crippen MR) is 69.7 cm³/mol. The van der Waals surface area contributed by atoms with Gasteiger partial charge in [-0.3, -0.25) is 0 Å². The van der Waals surface area contributed by atoms with Gasteiger partial charge in [-0.25, -0.2) is 0 Å². The summed E-state index contributed by atoms with van der Waals surface area (Å²) in [6.45, 7) is 2.22. The first-order chi connectivity index (χ1) is 7.72. The Balaban J connectivity index is 1.75. The van der Waals surface area contributed by atoms with Gasteiger partial charge < -0.3 is 4.57 Å². The molecule has 4 aliphatic rings. The molecule has 4 fully saturated rings. The first kappa shape index (κ1) is 11.3. The molecule has 2 heteroatoms. The van der Waals surface area contributed by atoms with Gasteiger partial charge >= 0.3 is 0 Å². The minimum Gasteiger partial charge on any atom is -0.326 e. The van der Waals surface area contributed by atoms with Crippen LogP contribution < -0.4 is 0 Å². The molecule has 0 heterocycles. The Morgan fingerprint density at radius 3 is 2.00 bits per heavy atom. The SMILES string of the molecule is CCCC[PH](=O)C12CC3CC(CC(C3)C1)C2. The first-order valence-electron chi connectivity index (χ1n) is 7.25. The average molecular weight is 240 g/mol. The van der Waals surface area contributed by atoms with Crippen LogP contribution in [0.25, 0.3) is 0 Å². The van der Waals surface area contributed by atoms with Crippen LogP contribution in [0.15, 0.2) is 0 Å². The van der Waals surface area contributed by atoms with Gasteiger partial charge in [-0.15, -0.1) is 0 Å². The molecule has 92 valence electrons. The maximum atomic E-state index is 12.6. The Bertz CT molecular complexity index is 262. The van der Waals surface area contributed by atoms with Crippen molar-refractivity contribution in [1.82, 2.24) is 0 Å². The van der Waals surface area contributed by atoms with Crippen molar-refractivity contribution in [2.75, 3.05) is 6.16 Å². The highest BCUT2D eigenvalue weighted by Gasteiger charge is 2.53. The van der Waals surface area contributed by atoms with Crippen LogP contribution in [0.2, 0.25) is 0 Å². The molecule has 4 saturated carbocycles. The lowest BCUT2D eigenvalue weighted by molar-refractivity contribution is 0.0344. The highest BCUT2D eigenvalue weighted by atomic mass is 31.1. The quantitative estimate of drug-likeness (QED) is 0.669. The second-order valence-electron chi connectivity index (χ2n) is 6.72. The molecule has 0 amide bonds. The lowest BCUT2D eigenvalue weighted by Crippen LogP contribution is -2.48. The topological polar surface area (TPSA) is 17.1 Å². The van der Waals surface area contributed by atoms with Crippen molar-refractivity contribution in [3.63, 3.8) is 0 Å². The van der Waals surface area contributed by atoms with Crippen molar-refractivity contribution in [1.29, 1.82) is 0 Å². The zero-order valence-corrected chi connectivity index (χ0v) is 11.5. The van der Waals surface area contributed by atoms with Crippen molar-refractivity contribution >= 4 is 7.80 Å². The maximum Gasteiger partial charge on any atom is 0.0820 e. The summed E-state index contributed by atoms with van der Waals surface area (Å²) in [7, 11) is -1.30. The fraction of sp³-hybridized carbons (Fsp3) is 1.00. The summed E-state index contributed by atoms with van der Waals surface area (Å²) < 4.78 is 12.6. The molecule has 0 aromatic rings. The van der Waals surface area contributed by atoms with E-state index in [0.29, 0.717) is 5.16 Å². The molecule has 0 spiro atoms. The summed E-state index contributed by atoms with van der Waals surface area (Å²) in [5, 5.41) is 0.356. The highest BCUT2D eigenvalue weighted by Crippen LogP contribution is 2.64. The molecular formula is C14H25OP. The van der Waals surface area contributed by atoms with Gasteiger partial charge in [-0.1, -0.05) is 13.3 Å². The lowest BCUT2D eigenvalue weighted by Gasteiger charge is -2.56. The van der Waals surface area contributed by atoms with Crippen molar-refractivity contribution in [3.05, 3.63) is 0 Å². The van der Waals surface area contributed by atoms with Gasteiger partial charge in [0.2, 0.25) is 0 Å². The van der Waals surface area contributed by atoms with E-state index in [-0.39, 0.29) is 0 Å². The Labute approximate surface area is 100 Å². The van der Waals surface area contributed by atoms with Crippen LogP contribution in [-0.4, -0.2) is 11.3 Å². The van der Waals surface area contributed by atoms with Crippen LogP contribution in [0.5, 0.6) is 0 Å². The van der Waals surface area contributed by atoms with E-state index in [1.54, 1.807) is 0 Å². The lowest BCUT2D eigenvalue weighted by atomic mass is 9.56. The molecule has 0 N–H and O–H groups in total. The van der Waals surface area contributed by atoms with Gasteiger partial charge in [0.1, 0.15) is 0 Å². The van der Waals surface area contributed by atoms with Gasteiger partial charge in [0.25, 0.3) is 0 Å². The van der Waals surface area contributed by atoms with E-state index in [1.807, 2.05) is 0 Å². The summed E-state index contributed by atoms with van der Waals surface area (Å²) >= 11 is 0. The third-order valence-corrected chi connectivity index (χ3v) is 7.99. The fourth-order valence-electron chi connectivity index (χ4n) is 5.05. The van der Waals surface area contributed by atoms with Gasteiger partial charge in [0.05, 0.1) is 7.80 Å². The molecule has 0 aliphatic heterocycles. The molecule has 1 unspecified atom stereocenters. The van der Waals surface area contributed by atoms with Gasteiger partial charge in [0, 0.05) is 5.16 Å².